The van der Waals surface area contributed by atoms with Crippen molar-refractivity contribution in [2.45, 2.75) is 18.7 Å². The summed E-state index contributed by atoms with van der Waals surface area (Å²) in [5.41, 5.74) is -0.420. The Morgan fingerprint density at radius 3 is 3.50 bits per heavy atom. The van der Waals surface area contributed by atoms with E-state index in [4.69, 9.17) is 16.3 Å². The van der Waals surface area contributed by atoms with Gasteiger partial charge in [0.15, 0.2) is 0 Å². The third-order valence-electron chi connectivity index (χ3n) is 2.06. The predicted octanol–water partition coefficient (Wildman–Crippen LogP) is 0.370. The van der Waals surface area contributed by atoms with Crippen LogP contribution in [0, 0.1) is 0 Å². The molecule has 2 atom stereocenters. The standard InChI is InChI=1S/C7H10ClN3O/c1-7-4-10-6(8)11-5(7)9-2-3-12-7/h4-5,9H,2-3H2,1H3. The molecule has 5 heteroatoms. The second kappa shape index (κ2) is 2.80. The fourth-order valence-corrected chi connectivity index (χ4v) is 1.50. The van der Waals surface area contributed by atoms with E-state index in [-0.39, 0.29) is 11.5 Å². The number of aliphatic imine (C=N–C) groups is 2. The molecule has 1 saturated heterocycles. The fourth-order valence-electron chi connectivity index (χ4n) is 1.35. The second-order valence-corrected chi connectivity index (χ2v) is 3.38. The molecule has 0 radical (unpaired) electrons. The molecule has 0 aromatic rings. The summed E-state index contributed by atoms with van der Waals surface area (Å²) in [6.07, 6.45) is 1.62. The van der Waals surface area contributed by atoms with Crippen molar-refractivity contribution in [1.82, 2.24) is 5.32 Å². The Balaban J connectivity index is 2.25. The molecule has 0 spiro atoms. The molecule has 2 heterocycles. The molecule has 2 rings (SSSR count). The zero-order chi connectivity index (χ0) is 8.60. The minimum absolute atomic E-state index is 0.0868. The van der Waals surface area contributed by atoms with Crippen LogP contribution in [0.3, 0.4) is 0 Å². The summed E-state index contributed by atoms with van der Waals surface area (Å²) in [5, 5.41) is 3.49. The van der Waals surface area contributed by atoms with Crippen LogP contribution in [0.5, 0.6) is 0 Å². The van der Waals surface area contributed by atoms with Gasteiger partial charge in [-0.25, -0.2) is 9.98 Å². The normalized spacial score (nSPS) is 40.5. The van der Waals surface area contributed by atoms with Crippen molar-refractivity contribution in [2.24, 2.45) is 9.98 Å². The average molecular weight is 188 g/mol. The van der Waals surface area contributed by atoms with Crippen molar-refractivity contribution < 1.29 is 4.74 Å². The molecule has 0 aromatic heterocycles. The van der Waals surface area contributed by atoms with Gasteiger partial charge in [-0.15, -0.1) is 0 Å². The molecule has 66 valence electrons. The fraction of sp³-hybridized carbons (Fsp3) is 0.714. The van der Waals surface area contributed by atoms with E-state index < -0.39 is 5.60 Å². The zero-order valence-corrected chi connectivity index (χ0v) is 7.51. The van der Waals surface area contributed by atoms with Crippen LogP contribution in [0.15, 0.2) is 9.98 Å². The highest BCUT2D eigenvalue weighted by Crippen LogP contribution is 2.21. The lowest BCUT2D eigenvalue weighted by Gasteiger charge is -2.38. The topological polar surface area (TPSA) is 46.0 Å². The molecule has 0 bridgehead atoms. The molecule has 2 aliphatic heterocycles. The van der Waals surface area contributed by atoms with Gasteiger partial charge in [0.2, 0.25) is 5.29 Å². The predicted molar refractivity (Wildman–Crippen MR) is 47.9 cm³/mol. The Morgan fingerprint density at radius 1 is 1.83 bits per heavy atom. The van der Waals surface area contributed by atoms with E-state index >= 15 is 0 Å². The quantitative estimate of drug-likeness (QED) is 0.557. The van der Waals surface area contributed by atoms with Crippen molar-refractivity contribution in [3.8, 4) is 0 Å². The number of morpholine rings is 1. The maximum atomic E-state index is 5.66. The van der Waals surface area contributed by atoms with E-state index in [0.717, 1.165) is 6.54 Å². The highest BCUT2D eigenvalue weighted by molar-refractivity contribution is 6.65. The third-order valence-corrected chi connectivity index (χ3v) is 2.25. The van der Waals surface area contributed by atoms with Crippen LogP contribution in [0.4, 0.5) is 0 Å². The summed E-state index contributed by atoms with van der Waals surface area (Å²) in [4.78, 5) is 8.04. The first-order valence-electron chi connectivity index (χ1n) is 3.86. The molecule has 1 N–H and O–H groups in total. The molecule has 2 aliphatic rings. The molecule has 2 unspecified atom stereocenters. The molecule has 1 fully saturated rings. The number of hydrogen-bond donors (Lipinski definition) is 1. The van der Waals surface area contributed by atoms with Crippen molar-refractivity contribution in [3.05, 3.63) is 0 Å². The summed E-state index contributed by atoms with van der Waals surface area (Å²) >= 11 is 5.66. The van der Waals surface area contributed by atoms with Crippen LogP contribution < -0.4 is 5.32 Å². The van der Waals surface area contributed by atoms with Crippen LogP contribution in [0.1, 0.15) is 6.92 Å². The van der Waals surface area contributed by atoms with E-state index in [9.17, 15) is 0 Å². The zero-order valence-electron chi connectivity index (χ0n) is 6.75. The summed E-state index contributed by atoms with van der Waals surface area (Å²) in [5.74, 6) is 0. The van der Waals surface area contributed by atoms with Crippen LogP contribution in [-0.2, 0) is 4.74 Å². The van der Waals surface area contributed by atoms with Gasteiger partial charge in [-0.2, -0.15) is 0 Å². The minimum Gasteiger partial charge on any atom is -0.365 e. The lowest BCUT2D eigenvalue weighted by Crippen LogP contribution is -2.57. The SMILES string of the molecule is CC12C=NC(Cl)=NC1NCCO2. The first-order chi connectivity index (χ1) is 5.71. The monoisotopic (exact) mass is 187 g/mol. The molecule has 4 nitrogen and oxygen atoms in total. The van der Waals surface area contributed by atoms with Crippen molar-refractivity contribution in [1.29, 1.82) is 0 Å². The molecular formula is C7H10ClN3O. The highest BCUT2D eigenvalue weighted by atomic mass is 35.5. The Morgan fingerprint density at radius 2 is 2.67 bits per heavy atom. The molecular weight excluding hydrogens is 178 g/mol. The van der Waals surface area contributed by atoms with E-state index in [1.54, 1.807) is 6.21 Å². The second-order valence-electron chi connectivity index (χ2n) is 3.05. The van der Waals surface area contributed by atoms with E-state index in [0.29, 0.717) is 6.61 Å². The molecule has 0 aliphatic carbocycles. The number of rotatable bonds is 0. The minimum atomic E-state index is -0.420. The summed E-state index contributed by atoms with van der Waals surface area (Å²) in [7, 11) is 0. The number of ether oxygens (including phenoxy) is 1. The van der Waals surface area contributed by atoms with Gasteiger partial charge < -0.3 is 4.74 Å². The van der Waals surface area contributed by atoms with Crippen molar-refractivity contribution in [3.63, 3.8) is 0 Å². The Hall–Kier alpha value is -0.450. The Kier molecular flexibility index (Phi) is 1.90. The Labute approximate surface area is 75.7 Å². The number of amidine groups is 1. The highest BCUT2D eigenvalue weighted by Gasteiger charge is 2.38. The van der Waals surface area contributed by atoms with Gasteiger partial charge in [0.1, 0.15) is 11.8 Å². The van der Waals surface area contributed by atoms with Gasteiger partial charge in [-0.3, -0.25) is 5.32 Å². The van der Waals surface area contributed by atoms with Gasteiger partial charge in [0.05, 0.1) is 6.61 Å². The van der Waals surface area contributed by atoms with Gasteiger partial charge in [-0.05, 0) is 18.5 Å². The van der Waals surface area contributed by atoms with Crippen molar-refractivity contribution in [2.75, 3.05) is 13.2 Å². The van der Waals surface area contributed by atoms with Crippen LogP contribution in [0.25, 0.3) is 0 Å². The summed E-state index contributed by atoms with van der Waals surface area (Å²) < 4.78 is 5.54. The number of halogens is 1. The molecule has 0 aromatic carbocycles. The van der Waals surface area contributed by atoms with E-state index in [2.05, 4.69) is 15.3 Å². The lowest BCUT2D eigenvalue weighted by atomic mass is 10.0. The summed E-state index contributed by atoms with van der Waals surface area (Å²) in [6.45, 7) is 3.44. The first-order valence-corrected chi connectivity index (χ1v) is 4.24. The molecule has 0 saturated carbocycles. The van der Waals surface area contributed by atoms with Gasteiger partial charge >= 0.3 is 0 Å². The first kappa shape index (κ1) is 8.16. The van der Waals surface area contributed by atoms with Gasteiger partial charge in [0.25, 0.3) is 0 Å². The number of nitrogens with one attached hydrogen (secondary N) is 1. The third kappa shape index (κ3) is 1.26. The molecule has 12 heavy (non-hydrogen) atoms. The van der Waals surface area contributed by atoms with E-state index in [1.165, 1.54) is 0 Å². The molecule has 0 amide bonds. The summed E-state index contributed by atoms with van der Waals surface area (Å²) in [6, 6.07) is 0. The van der Waals surface area contributed by atoms with Crippen LogP contribution in [-0.4, -0.2) is 36.4 Å². The Bertz CT molecular complexity index is 253. The lowest BCUT2D eigenvalue weighted by molar-refractivity contribution is -0.0301. The number of fused-ring (bicyclic) bond motifs is 1. The van der Waals surface area contributed by atoms with Gasteiger partial charge in [-0.1, -0.05) is 0 Å². The number of hydrogen-bond acceptors (Lipinski definition) is 4. The largest absolute Gasteiger partial charge is 0.365 e. The van der Waals surface area contributed by atoms with Crippen molar-refractivity contribution >= 4 is 23.1 Å². The van der Waals surface area contributed by atoms with Crippen LogP contribution in [0.2, 0.25) is 0 Å². The smallest absolute Gasteiger partial charge is 0.219 e. The average Bonchev–Trinajstić information content (AvgIpc) is 2.06. The maximum Gasteiger partial charge on any atom is 0.219 e. The number of nitrogens with zero attached hydrogens (tertiary/aromatic N) is 2. The van der Waals surface area contributed by atoms with Gasteiger partial charge in [0, 0.05) is 12.8 Å². The van der Waals surface area contributed by atoms with E-state index in [1.807, 2.05) is 6.92 Å². The van der Waals surface area contributed by atoms with Crippen LogP contribution >= 0.6 is 11.6 Å². The maximum absolute atomic E-state index is 5.66.